The van der Waals surface area contributed by atoms with Gasteiger partial charge in [0.25, 0.3) is 0 Å². The smallest absolute Gasteiger partial charge is 0.00799 e. The van der Waals surface area contributed by atoms with E-state index >= 15 is 0 Å². The number of hydrogen-bond acceptors (Lipinski definition) is 0. The third kappa shape index (κ3) is 7.77. The van der Waals surface area contributed by atoms with Crippen LogP contribution in [-0.2, 0) is 0 Å². The highest BCUT2D eigenvalue weighted by Gasteiger charge is 2.30. The second kappa shape index (κ2) is 15.4. The quantitative estimate of drug-likeness (QED) is 0.123. The van der Waals surface area contributed by atoms with E-state index in [1.54, 1.807) is 0 Å². The van der Waals surface area contributed by atoms with Crippen molar-refractivity contribution in [1.82, 2.24) is 0 Å². The molecule has 0 N–H and O–H groups in total. The first-order valence-electron chi connectivity index (χ1n) is 15.0. The Bertz CT molecular complexity index is 1510. The number of benzene rings is 6. The van der Waals surface area contributed by atoms with Gasteiger partial charge in [-0.2, -0.15) is 0 Å². The fourth-order valence-electron chi connectivity index (χ4n) is 5.74. The molecule has 1 unspecified atom stereocenters. The summed E-state index contributed by atoms with van der Waals surface area (Å²) in [4.78, 5) is 0. The molecule has 6 rings (SSSR count). The first kappa shape index (κ1) is 29.7. The van der Waals surface area contributed by atoms with Gasteiger partial charge in [0.15, 0.2) is 0 Å². The van der Waals surface area contributed by atoms with Crippen LogP contribution in [0, 0.1) is 0 Å². The van der Waals surface area contributed by atoms with Crippen LogP contribution in [0.1, 0.15) is 6.42 Å². The van der Waals surface area contributed by atoms with Crippen LogP contribution in [0.3, 0.4) is 0 Å². The Labute approximate surface area is 261 Å². The highest BCUT2D eigenvalue weighted by molar-refractivity contribution is 7.77. The summed E-state index contributed by atoms with van der Waals surface area (Å²) in [5, 5.41) is 8.84. The van der Waals surface area contributed by atoms with Crippen LogP contribution < -0.4 is 31.8 Å². The second-order valence-electron chi connectivity index (χ2n) is 10.6. The van der Waals surface area contributed by atoms with Gasteiger partial charge in [0.2, 0.25) is 0 Å². The summed E-state index contributed by atoms with van der Waals surface area (Å²) in [5.41, 5.74) is 0.531. The zero-order valence-corrected chi connectivity index (χ0v) is 27.0. The maximum absolute atomic E-state index is 2.37. The Hall–Kier alpha value is -3.39. The van der Waals surface area contributed by atoms with E-state index in [0.717, 1.165) is 0 Å². The molecule has 0 aromatic heterocycles. The lowest BCUT2D eigenvalue weighted by Gasteiger charge is -2.33. The van der Waals surface area contributed by atoms with E-state index in [0.29, 0.717) is 5.66 Å². The Balaban J connectivity index is 1.43. The van der Waals surface area contributed by atoms with Crippen LogP contribution in [0.15, 0.2) is 182 Å². The molecule has 0 spiro atoms. The van der Waals surface area contributed by atoms with Crippen molar-refractivity contribution >= 4 is 55.6 Å². The molecule has 0 amide bonds. The molecule has 0 radical (unpaired) electrons. The lowest BCUT2D eigenvalue weighted by atomic mass is 10.3. The minimum Gasteiger partial charge on any atom is -0.0622 e. The van der Waals surface area contributed by atoms with Gasteiger partial charge in [-0.1, -0.05) is 182 Å². The lowest BCUT2D eigenvalue weighted by Crippen LogP contribution is -2.29. The molecule has 0 bridgehead atoms. The van der Waals surface area contributed by atoms with Crippen LogP contribution in [0.5, 0.6) is 0 Å². The summed E-state index contributed by atoms with van der Waals surface area (Å²) in [7, 11) is -1.55. The van der Waals surface area contributed by atoms with Gasteiger partial charge >= 0.3 is 0 Å². The van der Waals surface area contributed by atoms with E-state index < -0.39 is 23.8 Å². The topological polar surface area (TPSA) is 0 Å². The first-order chi connectivity index (χ1) is 21.4. The molecule has 0 heterocycles. The molecule has 0 fully saturated rings. The number of rotatable bonds is 12. The summed E-state index contributed by atoms with van der Waals surface area (Å²) in [6, 6.07) is 67.7. The normalized spacial score (nSPS) is 12.1. The SMILES string of the molecule is c1ccc(P(CCC(CP(c2ccccc2)c2ccccc2)P(c2ccccc2)c2ccccc2)c2ccccc2)cc1. The largest absolute Gasteiger partial charge is 0.0622 e. The Morgan fingerprint density at radius 1 is 0.326 bits per heavy atom. The van der Waals surface area contributed by atoms with Crippen molar-refractivity contribution < 1.29 is 0 Å². The van der Waals surface area contributed by atoms with Gasteiger partial charge in [0.1, 0.15) is 0 Å². The summed E-state index contributed by atoms with van der Waals surface area (Å²) < 4.78 is 0. The minimum absolute atomic E-state index is 0.462. The summed E-state index contributed by atoms with van der Waals surface area (Å²) >= 11 is 0. The van der Waals surface area contributed by atoms with Crippen molar-refractivity contribution in [3.8, 4) is 0 Å². The molecule has 0 aliphatic rings. The van der Waals surface area contributed by atoms with Crippen molar-refractivity contribution in [3.05, 3.63) is 182 Å². The molecular weight excluding hydrogens is 573 g/mol. The first-order valence-corrected chi connectivity index (χ1v) is 19.5. The molecule has 43 heavy (non-hydrogen) atoms. The molecular formula is C40H37P3. The lowest BCUT2D eigenvalue weighted by molar-refractivity contribution is 0.914. The molecule has 212 valence electrons. The molecule has 0 aliphatic carbocycles. The van der Waals surface area contributed by atoms with Gasteiger partial charge in [-0.05, 0) is 80.0 Å². The predicted octanol–water partition coefficient (Wildman–Crippen LogP) is 8.14. The van der Waals surface area contributed by atoms with Gasteiger partial charge in [-0.25, -0.2) is 0 Å². The van der Waals surface area contributed by atoms with E-state index in [-0.39, 0.29) is 0 Å². The Kier molecular flexibility index (Phi) is 10.6. The van der Waals surface area contributed by atoms with Crippen LogP contribution in [0.4, 0.5) is 0 Å². The van der Waals surface area contributed by atoms with E-state index in [9.17, 15) is 0 Å². The van der Waals surface area contributed by atoms with Crippen LogP contribution in [0.2, 0.25) is 0 Å². The second-order valence-corrected chi connectivity index (χ2v) is 17.7. The molecule has 1 atom stereocenters. The average molecular weight is 611 g/mol. The fourth-order valence-corrected chi connectivity index (χ4v) is 14.4. The van der Waals surface area contributed by atoms with Crippen molar-refractivity contribution in [2.45, 2.75) is 12.1 Å². The summed E-state index contributed by atoms with van der Waals surface area (Å²) in [5.74, 6) is 0. The number of hydrogen-bond donors (Lipinski definition) is 0. The minimum atomic E-state index is -0.569. The average Bonchev–Trinajstić information content (AvgIpc) is 3.10. The zero-order chi connectivity index (χ0) is 29.1. The van der Waals surface area contributed by atoms with Crippen molar-refractivity contribution in [1.29, 1.82) is 0 Å². The molecule has 0 saturated heterocycles. The summed E-state index contributed by atoms with van der Waals surface area (Å²) in [6.07, 6.45) is 3.54. The molecule has 3 heteroatoms. The molecule has 6 aromatic carbocycles. The van der Waals surface area contributed by atoms with Crippen LogP contribution in [0.25, 0.3) is 0 Å². The van der Waals surface area contributed by atoms with Crippen molar-refractivity contribution in [2.75, 3.05) is 12.3 Å². The Morgan fingerprint density at radius 2 is 0.605 bits per heavy atom. The molecule has 0 saturated carbocycles. The van der Waals surface area contributed by atoms with Crippen molar-refractivity contribution in [2.24, 2.45) is 0 Å². The van der Waals surface area contributed by atoms with E-state index in [4.69, 9.17) is 0 Å². The predicted molar refractivity (Wildman–Crippen MR) is 195 cm³/mol. The third-order valence-electron chi connectivity index (χ3n) is 7.78. The highest BCUT2D eigenvalue weighted by Crippen LogP contribution is 2.49. The van der Waals surface area contributed by atoms with Crippen LogP contribution >= 0.6 is 23.8 Å². The van der Waals surface area contributed by atoms with E-state index in [1.807, 2.05) is 0 Å². The Morgan fingerprint density at radius 3 is 0.930 bits per heavy atom. The monoisotopic (exact) mass is 610 g/mol. The van der Waals surface area contributed by atoms with E-state index in [2.05, 4.69) is 182 Å². The van der Waals surface area contributed by atoms with Gasteiger partial charge in [0, 0.05) is 0 Å². The van der Waals surface area contributed by atoms with Gasteiger partial charge in [0.05, 0.1) is 0 Å². The molecule has 6 aromatic rings. The zero-order valence-electron chi connectivity index (χ0n) is 24.4. The molecule has 0 aliphatic heterocycles. The van der Waals surface area contributed by atoms with E-state index in [1.165, 1.54) is 50.6 Å². The molecule has 0 nitrogen and oxygen atoms in total. The summed E-state index contributed by atoms with van der Waals surface area (Å²) in [6.45, 7) is 0. The van der Waals surface area contributed by atoms with Crippen molar-refractivity contribution in [3.63, 3.8) is 0 Å². The standard InChI is InChI=1S/C40H37P3/c1-7-19-34(20-8-1)41(35-21-9-2-10-22-35)32-31-40(43(38-27-15-5-16-28-38)39-29-17-6-18-30-39)33-42(36-23-11-3-12-24-36)37-25-13-4-14-26-37/h1-30,40H,31-33H2. The van der Waals surface area contributed by atoms with Gasteiger partial charge in [-0.3, -0.25) is 0 Å². The van der Waals surface area contributed by atoms with Gasteiger partial charge < -0.3 is 0 Å². The maximum atomic E-state index is 2.37. The fraction of sp³-hybridized carbons (Fsp3) is 0.100. The maximum Gasteiger partial charge on any atom is -0.00799 e. The highest BCUT2D eigenvalue weighted by atomic mass is 31.1. The van der Waals surface area contributed by atoms with Crippen LogP contribution in [-0.4, -0.2) is 18.0 Å². The third-order valence-corrected chi connectivity index (χ3v) is 16.1. The van der Waals surface area contributed by atoms with Gasteiger partial charge in [-0.15, -0.1) is 0 Å².